The third-order valence-corrected chi connectivity index (χ3v) is 6.37. The van der Waals surface area contributed by atoms with Crippen LogP contribution in [0.1, 0.15) is 12.0 Å². The minimum Gasteiger partial charge on any atom is -0.481 e. The number of carboxylic acid groups (broad SMARTS) is 1. The summed E-state index contributed by atoms with van der Waals surface area (Å²) in [6.45, 7) is 0. The lowest BCUT2D eigenvalue weighted by Crippen LogP contribution is -2.18. The van der Waals surface area contributed by atoms with Crippen molar-refractivity contribution >= 4 is 31.7 Å². The van der Waals surface area contributed by atoms with Gasteiger partial charge in [0.2, 0.25) is 10.0 Å². The van der Waals surface area contributed by atoms with E-state index in [0.717, 1.165) is 0 Å². The number of anilines is 1. The lowest BCUT2D eigenvalue weighted by molar-refractivity contribution is -0.136. The molecule has 0 aliphatic heterocycles. The molecule has 10 heteroatoms. The molecule has 0 atom stereocenters. The summed E-state index contributed by atoms with van der Waals surface area (Å²) in [7, 11) is -6.16. The van der Waals surface area contributed by atoms with Gasteiger partial charge in [0.1, 0.15) is 0 Å². The molecular weight excluding hydrogens is 380 g/mol. The van der Waals surface area contributed by atoms with Gasteiger partial charge in [-0.15, -0.1) is 0 Å². The van der Waals surface area contributed by atoms with Crippen LogP contribution in [0.15, 0.2) is 58.3 Å². The standard InChI is InChI=1S/C16H18N2O6S2/c1-17-25(21,22)14-9-5-13(6-10-14)18-26(23,24)15-7-2-12(3-8-15)4-11-16(19)20/h2-3,5-10,17-18H,4,11H2,1H3,(H,19,20). The first-order chi connectivity index (χ1) is 12.1. The fourth-order valence-electron chi connectivity index (χ4n) is 2.12. The van der Waals surface area contributed by atoms with Crippen molar-refractivity contribution in [1.82, 2.24) is 4.72 Å². The Hall–Kier alpha value is -2.43. The lowest BCUT2D eigenvalue weighted by Gasteiger charge is -2.09. The Kier molecular flexibility index (Phi) is 6.01. The molecule has 2 aromatic carbocycles. The minimum absolute atomic E-state index is 0.0171. The summed E-state index contributed by atoms with van der Waals surface area (Å²) in [5.74, 6) is -0.924. The predicted octanol–water partition coefficient (Wildman–Crippen LogP) is 1.41. The molecule has 0 aliphatic carbocycles. The van der Waals surface area contributed by atoms with Crippen LogP contribution in [0.4, 0.5) is 5.69 Å². The molecule has 0 heterocycles. The number of hydrogen-bond donors (Lipinski definition) is 3. The van der Waals surface area contributed by atoms with E-state index in [1.165, 1.54) is 43.4 Å². The number of benzene rings is 2. The van der Waals surface area contributed by atoms with Gasteiger partial charge in [-0.1, -0.05) is 12.1 Å². The van der Waals surface area contributed by atoms with Gasteiger partial charge >= 0.3 is 5.97 Å². The Morgan fingerprint density at radius 3 is 1.88 bits per heavy atom. The Morgan fingerprint density at radius 2 is 1.38 bits per heavy atom. The molecule has 0 fully saturated rings. The van der Waals surface area contributed by atoms with Gasteiger partial charge in [0.15, 0.2) is 0 Å². The summed E-state index contributed by atoms with van der Waals surface area (Å²) >= 11 is 0. The Bertz CT molecular complexity index is 982. The third-order valence-electron chi connectivity index (χ3n) is 3.55. The van der Waals surface area contributed by atoms with Crippen LogP contribution < -0.4 is 9.44 Å². The highest BCUT2D eigenvalue weighted by molar-refractivity contribution is 7.92. The zero-order valence-electron chi connectivity index (χ0n) is 13.8. The summed E-state index contributed by atoms with van der Waals surface area (Å²) in [5, 5.41) is 8.66. The van der Waals surface area contributed by atoms with E-state index in [9.17, 15) is 21.6 Å². The molecule has 0 bridgehead atoms. The number of nitrogens with one attached hydrogen (secondary N) is 2. The molecule has 2 rings (SSSR count). The average Bonchev–Trinajstić information content (AvgIpc) is 2.60. The Morgan fingerprint density at radius 1 is 0.885 bits per heavy atom. The van der Waals surface area contributed by atoms with Crippen LogP contribution in [0, 0.1) is 0 Å². The highest BCUT2D eigenvalue weighted by Gasteiger charge is 2.16. The number of rotatable bonds is 8. The largest absolute Gasteiger partial charge is 0.481 e. The number of sulfonamides is 2. The van der Waals surface area contributed by atoms with Crippen molar-refractivity contribution in [2.75, 3.05) is 11.8 Å². The fourth-order valence-corrected chi connectivity index (χ4v) is 3.91. The predicted molar refractivity (Wildman–Crippen MR) is 95.9 cm³/mol. The second-order valence-electron chi connectivity index (χ2n) is 5.38. The summed E-state index contributed by atoms with van der Waals surface area (Å²) < 4.78 is 52.6. The van der Waals surface area contributed by atoms with Crippen molar-refractivity contribution in [1.29, 1.82) is 0 Å². The summed E-state index contributed by atoms with van der Waals surface area (Å²) in [5.41, 5.74) is 0.933. The van der Waals surface area contributed by atoms with Gasteiger partial charge in [0, 0.05) is 12.1 Å². The van der Waals surface area contributed by atoms with E-state index < -0.39 is 26.0 Å². The number of carbonyl (C=O) groups is 1. The first kappa shape index (κ1) is 19.9. The molecule has 0 spiro atoms. The SMILES string of the molecule is CNS(=O)(=O)c1ccc(NS(=O)(=O)c2ccc(CCC(=O)O)cc2)cc1. The van der Waals surface area contributed by atoms with E-state index >= 15 is 0 Å². The molecule has 8 nitrogen and oxygen atoms in total. The molecule has 0 radical (unpaired) electrons. The molecular formula is C16H18N2O6S2. The average molecular weight is 398 g/mol. The van der Waals surface area contributed by atoms with E-state index in [1.54, 1.807) is 12.1 Å². The van der Waals surface area contributed by atoms with Gasteiger partial charge in [0.25, 0.3) is 10.0 Å². The molecule has 0 aromatic heterocycles. The van der Waals surface area contributed by atoms with E-state index in [0.29, 0.717) is 12.0 Å². The molecule has 26 heavy (non-hydrogen) atoms. The van der Waals surface area contributed by atoms with E-state index in [-0.39, 0.29) is 21.9 Å². The highest BCUT2D eigenvalue weighted by Crippen LogP contribution is 2.19. The van der Waals surface area contributed by atoms with Crippen molar-refractivity contribution in [3.8, 4) is 0 Å². The first-order valence-electron chi connectivity index (χ1n) is 7.51. The molecule has 0 aliphatic rings. The number of hydrogen-bond acceptors (Lipinski definition) is 5. The van der Waals surface area contributed by atoms with Gasteiger partial charge < -0.3 is 5.11 Å². The lowest BCUT2D eigenvalue weighted by atomic mass is 10.1. The van der Waals surface area contributed by atoms with Crippen molar-refractivity contribution in [3.05, 3.63) is 54.1 Å². The van der Waals surface area contributed by atoms with Gasteiger partial charge in [-0.3, -0.25) is 9.52 Å². The monoisotopic (exact) mass is 398 g/mol. The van der Waals surface area contributed by atoms with Crippen molar-refractivity contribution in [2.45, 2.75) is 22.6 Å². The summed E-state index contributed by atoms with van der Waals surface area (Å²) in [6, 6.07) is 11.2. The molecule has 0 unspecified atom stereocenters. The number of aliphatic carboxylic acids is 1. The van der Waals surface area contributed by atoms with E-state index in [4.69, 9.17) is 5.11 Å². The van der Waals surface area contributed by atoms with Crippen molar-refractivity contribution in [2.24, 2.45) is 0 Å². The van der Waals surface area contributed by atoms with Crippen LogP contribution in [0.3, 0.4) is 0 Å². The maximum absolute atomic E-state index is 12.4. The second kappa shape index (κ2) is 7.85. The number of aryl methyl sites for hydroxylation is 1. The Balaban J connectivity index is 2.14. The molecule has 3 N–H and O–H groups in total. The maximum atomic E-state index is 12.4. The molecule has 140 valence electrons. The van der Waals surface area contributed by atoms with Crippen LogP contribution in [0.25, 0.3) is 0 Å². The smallest absolute Gasteiger partial charge is 0.303 e. The van der Waals surface area contributed by atoms with Gasteiger partial charge in [-0.25, -0.2) is 21.6 Å². The molecule has 2 aromatic rings. The topological polar surface area (TPSA) is 130 Å². The van der Waals surface area contributed by atoms with Crippen molar-refractivity contribution in [3.63, 3.8) is 0 Å². The third kappa shape index (κ3) is 5.04. The first-order valence-corrected chi connectivity index (χ1v) is 10.5. The summed E-state index contributed by atoms with van der Waals surface area (Å²) in [4.78, 5) is 10.6. The van der Waals surface area contributed by atoms with E-state index in [1.807, 2.05) is 0 Å². The van der Waals surface area contributed by atoms with Crippen LogP contribution in [-0.2, 0) is 31.3 Å². The van der Waals surface area contributed by atoms with Gasteiger partial charge in [-0.2, -0.15) is 0 Å². The highest BCUT2D eigenvalue weighted by atomic mass is 32.2. The van der Waals surface area contributed by atoms with Gasteiger partial charge in [-0.05, 0) is 55.4 Å². The Labute approximate surface area is 152 Å². The molecule has 0 saturated carbocycles. The van der Waals surface area contributed by atoms with Crippen LogP contribution >= 0.6 is 0 Å². The van der Waals surface area contributed by atoms with Crippen LogP contribution in [0.5, 0.6) is 0 Å². The zero-order chi connectivity index (χ0) is 19.4. The second-order valence-corrected chi connectivity index (χ2v) is 8.94. The van der Waals surface area contributed by atoms with Crippen LogP contribution in [-0.4, -0.2) is 35.0 Å². The normalized spacial score (nSPS) is 11.9. The molecule has 0 amide bonds. The van der Waals surface area contributed by atoms with Crippen LogP contribution in [0.2, 0.25) is 0 Å². The maximum Gasteiger partial charge on any atom is 0.303 e. The van der Waals surface area contributed by atoms with E-state index in [2.05, 4.69) is 9.44 Å². The molecule has 0 saturated heterocycles. The zero-order valence-corrected chi connectivity index (χ0v) is 15.5. The number of carboxylic acids is 1. The summed E-state index contributed by atoms with van der Waals surface area (Å²) in [6.07, 6.45) is 0.275. The fraction of sp³-hybridized carbons (Fsp3) is 0.188. The quantitative estimate of drug-likeness (QED) is 0.616. The minimum atomic E-state index is -3.85. The van der Waals surface area contributed by atoms with Crippen molar-refractivity contribution < 1.29 is 26.7 Å². The van der Waals surface area contributed by atoms with Gasteiger partial charge in [0.05, 0.1) is 9.79 Å².